The standard InChI is InChI=1S/C17H16N6O3S/c1-11-6-7-15(12(2)8-11)22-17(19-20-21-22)27-10-16(24)18-13-4-3-5-14(9-13)23(25)26/h3-9H,10H2,1-2H3,(H,18,24). The van der Waals surface area contributed by atoms with Crippen LogP contribution in [-0.4, -0.2) is 36.8 Å². The maximum atomic E-state index is 12.2. The molecule has 0 aliphatic carbocycles. The fraction of sp³-hybridized carbons (Fsp3) is 0.176. The number of hydrogen-bond acceptors (Lipinski definition) is 7. The molecule has 0 saturated heterocycles. The third-order valence-electron chi connectivity index (χ3n) is 3.69. The number of aromatic nitrogens is 4. The van der Waals surface area contributed by atoms with Crippen LogP contribution in [0, 0.1) is 24.0 Å². The van der Waals surface area contributed by atoms with E-state index in [9.17, 15) is 14.9 Å². The molecule has 0 atom stereocenters. The van der Waals surface area contributed by atoms with Crippen molar-refractivity contribution in [2.75, 3.05) is 11.1 Å². The summed E-state index contributed by atoms with van der Waals surface area (Å²) in [5, 5.41) is 25.6. The summed E-state index contributed by atoms with van der Waals surface area (Å²) >= 11 is 1.18. The van der Waals surface area contributed by atoms with Crippen molar-refractivity contribution < 1.29 is 9.72 Å². The summed E-state index contributed by atoms with van der Waals surface area (Å²) in [4.78, 5) is 22.5. The van der Waals surface area contributed by atoms with Gasteiger partial charge >= 0.3 is 0 Å². The SMILES string of the molecule is Cc1ccc(-n2nnnc2SCC(=O)Nc2cccc([N+](=O)[O-])c2)c(C)c1. The van der Waals surface area contributed by atoms with Gasteiger partial charge in [-0.25, -0.2) is 0 Å². The highest BCUT2D eigenvalue weighted by molar-refractivity contribution is 7.99. The van der Waals surface area contributed by atoms with Gasteiger partial charge in [0, 0.05) is 17.8 Å². The zero-order chi connectivity index (χ0) is 19.4. The van der Waals surface area contributed by atoms with E-state index in [2.05, 4.69) is 20.8 Å². The van der Waals surface area contributed by atoms with E-state index in [0.29, 0.717) is 10.8 Å². The lowest BCUT2D eigenvalue weighted by atomic mass is 10.1. The van der Waals surface area contributed by atoms with Crippen molar-refractivity contribution in [1.29, 1.82) is 0 Å². The quantitative estimate of drug-likeness (QED) is 0.394. The second kappa shape index (κ2) is 7.96. The molecule has 27 heavy (non-hydrogen) atoms. The number of hydrogen-bond donors (Lipinski definition) is 1. The van der Waals surface area contributed by atoms with Crippen LogP contribution in [0.2, 0.25) is 0 Å². The van der Waals surface area contributed by atoms with Crippen LogP contribution in [0.1, 0.15) is 11.1 Å². The van der Waals surface area contributed by atoms with Crippen molar-refractivity contribution >= 4 is 29.0 Å². The summed E-state index contributed by atoms with van der Waals surface area (Å²) in [5.41, 5.74) is 3.27. The highest BCUT2D eigenvalue weighted by atomic mass is 32.2. The number of non-ortho nitro benzene ring substituents is 1. The first-order valence-electron chi connectivity index (χ1n) is 7.97. The van der Waals surface area contributed by atoms with Gasteiger partial charge in [-0.3, -0.25) is 14.9 Å². The molecule has 0 unspecified atom stereocenters. The van der Waals surface area contributed by atoms with Crippen molar-refractivity contribution in [1.82, 2.24) is 20.2 Å². The average Bonchev–Trinajstić information content (AvgIpc) is 3.08. The van der Waals surface area contributed by atoms with Gasteiger partial charge in [0.15, 0.2) is 0 Å². The lowest BCUT2D eigenvalue weighted by molar-refractivity contribution is -0.384. The highest BCUT2D eigenvalue weighted by Crippen LogP contribution is 2.22. The van der Waals surface area contributed by atoms with Crippen molar-refractivity contribution in [3.05, 3.63) is 63.7 Å². The van der Waals surface area contributed by atoms with Gasteiger partial charge in [-0.1, -0.05) is 35.5 Å². The zero-order valence-electron chi connectivity index (χ0n) is 14.6. The Morgan fingerprint density at radius 3 is 2.81 bits per heavy atom. The van der Waals surface area contributed by atoms with E-state index in [1.54, 1.807) is 10.7 Å². The summed E-state index contributed by atoms with van der Waals surface area (Å²) in [6, 6.07) is 11.7. The molecule has 3 aromatic rings. The highest BCUT2D eigenvalue weighted by Gasteiger charge is 2.14. The van der Waals surface area contributed by atoms with E-state index in [1.165, 1.54) is 30.0 Å². The van der Waals surface area contributed by atoms with E-state index < -0.39 is 4.92 Å². The van der Waals surface area contributed by atoms with Crippen LogP contribution in [0.4, 0.5) is 11.4 Å². The molecule has 0 aliphatic heterocycles. The first-order valence-corrected chi connectivity index (χ1v) is 8.96. The Balaban J connectivity index is 1.67. The van der Waals surface area contributed by atoms with Gasteiger partial charge in [0.25, 0.3) is 5.69 Å². The fourth-order valence-corrected chi connectivity index (χ4v) is 3.17. The maximum absolute atomic E-state index is 12.2. The van der Waals surface area contributed by atoms with Gasteiger partial charge in [-0.05, 0) is 42.0 Å². The molecule has 0 bridgehead atoms. The number of thioether (sulfide) groups is 1. The molecule has 0 fully saturated rings. The third kappa shape index (κ3) is 4.47. The maximum Gasteiger partial charge on any atom is 0.271 e. The predicted octanol–water partition coefficient (Wildman–Crippen LogP) is 2.92. The summed E-state index contributed by atoms with van der Waals surface area (Å²) in [5.74, 6) is -0.246. The van der Waals surface area contributed by atoms with Crippen molar-refractivity contribution in [2.24, 2.45) is 0 Å². The molecule has 10 heteroatoms. The summed E-state index contributed by atoms with van der Waals surface area (Å²) in [6.45, 7) is 3.97. The van der Waals surface area contributed by atoms with Gasteiger partial charge in [-0.2, -0.15) is 4.68 Å². The minimum absolute atomic E-state index is 0.0635. The molecule has 1 N–H and O–H groups in total. The monoisotopic (exact) mass is 384 g/mol. The van der Waals surface area contributed by atoms with Gasteiger partial charge < -0.3 is 5.32 Å². The Morgan fingerprint density at radius 1 is 1.26 bits per heavy atom. The van der Waals surface area contributed by atoms with Gasteiger partial charge in [0.05, 0.1) is 16.4 Å². The normalized spacial score (nSPS) is 10.6. The van der Waals surface area contributed by atoms with Crippen molar-refractivity contribution in [2.45, 2.75) is 19.0 Å². The predicted molar refractivity (Wildman–Crippen MR) is 101 cm³/mol. The van der Waals surface area contributed by atoms with Crippen molar-refractivity contribution in [3.63, 3.8) is 0 Å². The summed E-state index contributed by atoms with van der Waals surface area (Å²) < 4.78 is 1.58. The second-order valence-electron chi connectivity index (χ2n) is 5.81. The van der Waals surface area contributed by atoms with Crippen LogP contribution in [0.25, 0.3) is 5.69 Å². The Hall–Kier alpha value is -3.27. The van der Waals surface area contributed by atoms with Crippen LogP contribution in [0.15, 0.2) is 47.6 Å². The number of aryl methyl sites for hydroxylation is 2. The first kappa shape index (κ1) is 18.5. The topological polar surface area (TPSA) is 116 Å². The van der Waals surface area contributed by atoms with Crippen LogP contribution in [-0.2, 0) is 4.79 Å². The number of nitro groups is 1. The van der Waals surface area contributed by atoms with E-state index in [1.807, 2.05) is 32.0 Å². The minimum atomic E-state index is -0.511. The number of anilines is 1. The summed E-state index contributed by atoms with van der Waals surface area (Å²) in [6.07, 6.45) is 0. The van der Waals surface area contributed by atoms with Crippen LogP contribution in [0.3, 0.4) is 0 Å². The van der Waals surface area contributed by atoms with Crippen molar-refractivity contribution in [3.8, 4) is 5.69 Å². The molecule has 1 aromatic heterocycles. The molecule has 3 rings (SSSR count). The lowest BCUT2D eigenvalue weighted by Gasteiger charge is -2.08. The second-order valence-corrected chi connectivity index (χ2v) is 6.75. The van der Waals surface area contributed by atoms with Crippen LogP contribution in [0.5, 0.6) is 0 Å². The molecule has 0 spiro atoms. The smallest absolute Gasteiger partial charge is 0.271 e. The third-order valence-corrected chi connectivity index (χ3v) is 4.61. The van der Waals surface area contributed by atoms with Crippen LogP contribution >= 0.6 is 11.8 Å². The van der Waals surface area contributed by atoms with Gasteiger partial charge in [0.1, 0.15) is 0 Å². The molecule has 138 valence electrons. The number of tetrazole rings is 1. The number of nitro benzene ring substituents is 1. The molecule has 0 radical (unpaired) electrons. The Morgan fingerprint density at radius 2 is 2.07 bits per heavy atom. The average molecular weight is 384 g/mol. The summed E-state index contributed by atoms with van der Waals surface area (Å²) in [7, 11) is 0. The molecule has 9 nitrogen and oxygen atoms in total. The fourth-order valence-electron chi connectivity index (χ4n) is 2.49. The molecule has 1 heterocycles. The van der Waals surface area contributed by atoms with Crippen LogP contribution < -0.4 is 5.32 Å². The van der Waals surface area contributed by atoms with E-state index in [0.717, 1.165) is 16.8 Å². The number of benzene rings is 2. The number of nitrogens with zero attached hydrogens (tertiary/aromatic N) is 5. The minimum Gasteiger partial charge on any atom is -0.325 e. The first-order chi connectivity index (χ1) is 12.9. The zero-order valence-corrected chi connectivity index (χ0v) is 15.4. The number of rotatable bonds is 6. The number of nitrogens with one attached hydrogen (secondary N) is 1. The molecule has 1 amide bonds. The Kier molecular flexibility index (Phi) is 5.46. The number of carbonyl (C=O) groups is 1. The number of carbonyl (C=O) groups excluding carboxylic acids is 1. The largest absolute Gasteiger partial charge is 0.325 e. The van der Waals surface area contributed by atoms with E-state index in [-0.39, 0.29) is 17.3 Å². The Labute approximate surface area is 158 Å². The molecule has 2 aromatic carbocycles. The molecule has 0 aliphatic rings. The van der Waals surface area contributed by atoms with Gasteiger partial charge in [-0.15, -0.1) is 5.10 Å². The molecular weight excluding hydrogens is 368 g/mol. The van der Waals surface area contributed by atoms with E-state index in [4.69, 9.17) is 0 Å². The van der Waals surface area contributed by atoms with Gasteiger partial charge in [0.2, 0.25) is 11.1 Å². The Bertz CT molecular complexity index is 1000. The number of amides is 1. The molecular formula is C17H16N6O3S. The molecule has 0 saturated carbocycles. The lowest BCUT2D eigenvalue weighted by Crippen LogP contribution is -2.14. The van der Waals surface area contributed by atoms with E-state index >= 15 is 0 Å².